The molecule has 0 aliphatic heterocycles. The van der Waals surface area contributed by atoms with E-state index in [1.165, 1.54) is 18.2 Å². The molecule has 1 heterocycles. The van der Waals surface area contributed by atoms with Gasteiger partial charge in [-0.1, -0.05) is 12.1 Å². The van der Waals surface area contributed by atoms with Gasteiger partial charge in [-0.05, 0) is 35.9 Å². The molecule has 0 saturated heterocycles. The summed E-state index contributed by atoms with van der Waals surface area (Å²) in [4.78, 5) is 17.9. The fourth-order valence-electron chi connectivity index (χ4n) is 1.77. The Morgan fingerprint density at radius 1 is 1.24 bits per heavy atom. The number of rotatable bonds is 4. The zero-order valence-electron chi connectivity index (χ0n) is 11.9. The molecule has 2 aromatic rings. The van der Waals surface area contributed by atoms with Crippen LogP contribution in [0.4, 0.5) is 15.9 Å². The van der Waals surface area contributed by atoms with Gasteiger partial charge in [0.1, 0.15) is 5.82 Å². The number of anilines is 2. The third-order valence-corrected chi connectivity index (χ3v) is 2.77. The molecule has 2 rings (SSSR count). The van der Waals surface area contributed by atoms with Crippen molar-refractivity contribution in [3.8, 4) is 0 Å². The van der Waals surface area contributed by atoms with Gasteiger partial charge in [-0.3, -0.25) is 4.79 Å². The summed E-state index contributed by atoms with van der Waals surface area (Å²) in [7, 11) is 3.71. The van der Waals surface area contributed by atoms with Crippen LogP contribution in [0.15, 0.2) is 48.7 Å². The monoisotopic (exact) mass is 285 g/mol. The Morgan fingerprint density at radius 3 is 2.62 bits per heavy atom. The Morgan fingerprint density at radius 2 is 1.95 bits per heavy atom. The second kappa shape index (κ2) is 6.65. The highest BCUT2D eigenvalue weighted by atomic mass is 19.1. The Kier molecular flexibility index (Phi) is 4.66. The average Bonchev–Trinajstić information content (AvgIpc) is 2.47. The quantitative estimate of drug-likeness (QED) is 0.878. The smallest absolute Gasteiger partial charge is 0.248 e. The number of hydrogen-bond acceptors (Lipinski definition) is 3. The number of nitrogens with zero attached hydrogens (tertiary/aromatic N) is 2. The van der Waals surface area contributed by atoms with Crippen molar-refractivity contribution in [1.29, 1.82) is 0 Å². The van der Waals surface area contributed by atoms with Crippen LogP contribution in [-0.4, -0.2) is 25.0 Å². The first-order chi connectivity index (χ1) is 10.1. The highest BCUT2D eigenvalue weighted by Crippen LogP contribution is 2.20. The van der Waals surface area contributed by atoms with E-state index >= 15 is 0 Å². The van der Waals surface area contributed by atoms with Gasteiger partial charge in [0.05, 0.1) is 5.69 Å². The lowest BCUT2D eigenvalue weighted by Crippen LogP contribution is -2.16. The van der Waals surface area contributed by atoms with Crippen LogP contribution < -0.4 is 10.2 Å². The van der Waals surface area contributed by atoms with Gasteiger partial charge in [0.15, 0.2) is 5.82 Å². The molecule has 0 aliphatic carbocycles. The molecule has 0 spiro atoms. The van der Waals surface area contributed by atoms with Gasteiger partial charge < -0.3 is 10.2 Å². The molecule has 21 heavy (non-hydrogen) atoms. The maximum atomic E-state index is 12.8. The topological polar surface area (TPSA) is 45.2 Å². The first kappa shape index (κ1) is 14.7. The molecule has 1 N–H and O–H groups in total. The van der Waals surface area contributed by atoms with Gasteiger partial charge in [0.25, 0.3) is 0 Å². The molecule has 4 nitrogen and oxygen atoms in total. The minimum absolute atomic E-state index is 0.268. The van der Waals surface area contributed by atoms with Crippen LogP contribution >= 0.6 is 0 Å². The summed E-state index contributed by atoms with van der Waals surface area (Å²) < 4.78 is 12.8. The van der Waals surface area contributed by atoms with Crippen molar-refractivity contribution in [3.05, 3.63) is 60.1 Å². The van der Waals surface area contributed by atoms with Crippen molar-refractivity contribution in [2.45, 2.75) is 0 Å². The molecule has 108 valence electrons. The van der Waals surface area contributed by atoms with Crippen molar-refractivity contribution in [2.75, 3.05) is 24.3 Å². The van der Waals surface area contributed by atoms with Gasteiger partial charge in [0, 0.05) is 26.4 Å². The van der Waals surface area contributed by atoms with E-state index in [4.69, 9.17) is 0 Å². The highest BCUT2D eigenvalue weighted by molar-refractivity contribution is 6.03. The second-order valence-electron chi connectivity index (χ2n) is 4.64. The fraction of sp³-hybridized carbons (Fsp3) is 0.125. The lowest BCUT2D eigenvalue weighted by atomic mass is 10.2. The van der Waals surface area contributed by atoms with Crippen LogP contribution in [0.3, 0.4) is 0 Å². The number of aromatic nitrogens is 1. The number of hydrogen-bond donors (Lipinski definition) is 1. The maximum Gasteiger partial charge on any atom is 0.248 e. The van der Waals surface area contributed by atoms with Crippen molar-refractivity contribution in [3.63, 3.8) is 0 Å². The number of amides is 1. The lowest BCUT2D eigenvalue weighted by molar-refractivity contribution is -0.111. The average molecular weight is 285 g/mol. The fourth-order valence-corrected chi connectivity index (χ4v) is 1.77. The molecule has 1 aromatic carbocycles. The highest BCUT2D eigenvalue weighted by Gasteiger charge is 2.06. The van der Waals surface area contributed by atoms with Gasteiger partial charge in [-0.15, -0.1) is 0 Å². The molecule has 0 aliphatic rings. The third kappa shape index (κ3) is 4.14. The van der Waals surface area contributed by atoms with Crippen molar-refractivity contribution in [1.82, 2.24) is 4.98 Å². The van der Waals surface area contributed by atoms with E-state index in [0.717, 1.165) is 5.56 Å². The van der Waals surface area contributed by atoms with Crippen LogP contribution in [0.1, 0.15) is 5.56 Å². The van der Waals surface area contributed by atoms with Gasteiger partial charge in [0.2, 0.25) is 5.91 Å². The van der Waals surface area contributed by atoms with Crippen LogP contribution in [0.5, 0.6) is 0 Å². The standard InChI is InChI=1S/C16H16FN3O/c1-20(2)16-14(4-3-11-18-16)19-15(21)10-7-12-5-8-13(17)9-6-12/h3-11H,1-2H3,(H,19,21)/b10-7+. The molecule has 0 atom stereocenters. The molecule has 0 radical (unpaired) electrons. The normalized spacial score (nSPS) is 10.6. The van der Waals surface area contributed by atoms with Crippen LogP contribution in [0.2, 0.25) is 0 Å². The molecule has 1 amide bonds. The summed E-state index contributed by atoms with van der Waals surface area (Å²) in [6.07, 6.45) is 4.69. The number of carbonyl (C=O) groups is 1. The van der Waals surface area contributed by atoms with Gasteiger partial charge in [-0.25, -0.2) is 9.37 Å². The minimum Gasteiger partial charge on any atom is -0.361 e. The van der Waals surface area contributed by atoms with E-state index in [2.05, 4.69) is 10.3 Å². The SMILES string of the molecule is CN(C)c1ncccc1NC(=O)/C=C/c1ccc(F)cc1. The minimum atomic E-state index is -0.303. The van der Waals surface area contributed by atoms with E-state index in [-0.39, 0.29) is 11.7 Å². The summed E-state index contributed by atoms with van der Waals surface area (Å²) in [6, 6.07) is 9.45. The maximum absolute atomic E-state index is 12.8. The van der Waals surface area contributed by atoms with Crippen molar-refractivity contribution in [2.24, 2.45) is 0 Å². The molecule has 1 aromatic heterocycles. The van der Waals surface area contributed by atoms with E-state index in [1.807, 2.05) is 19.0 Å². The molecular weight excluding hydrogens is 269 g/mol. The van der Waals surface area contributed by atoms with Crippen LogP contribution in [0, 0.1) is 5.82 Å². The lowest BCUT2D eigenvalue weighted by Gasteiger charge is -2.15. The summed E-state index contributed by atoms with van der Waals surface area (Å²) in [5.74, 6) is 0.110. The third-order valence-electron chi connectivity index (χ3n) is 2.77. The first-order valence-electron chi connectivity index (χ1n) is 6.43. The molecule has 0 unspecified atom stereocenters. The first-order valence-corrected chi connectivity index (χ1v) is 6.43. The number of carbonyl (C=O) groups excluding carboxylic acids is 1. The Labute approximate surface area is 122 Å². The van der Waals surface area contributed by atoms with E-state index < -0.39 is 0 Å². The summed E-state index contributed by atoms with van der Waals surface area (Å²) in [6.45, 7) is 0. The zero-order chi connectivity index (χ0) is 15.2. The molecule has 0 fully saturated rings. The summed E-state index contributed by atoms with van der Waals surface area (Å²) >= 11 is 0. The predicted octanol–water partition coefficient (Wildman–Crippen LogP) is 2.94. The number of pyridine rings is 1. The van der Waals surface area contributed by atoms with Crippen molar-refractivity contribution >= 4 is 23.5 Å². The Hall–Kier alpha value is -2.69. The molecule has 5 heteroatoms. The summed E-state index contributed by atoms with van der Waals surface area (Å²) in [5.41, 5.74) is 1.39. The molecular formula is C16H16FN3O. The van der Waals surface area contributed by atoms with Gasteiger partial charge >= 0.3 is 0 Å². The second-order valence-corrected chi connectivity index (χ2v) is 4.64. The zero-order valence-corrected chi connectivity index (χ0v) is 11.9. The van der Waals surface area contributed by atoms with Crippen LogP contribution in [0.25, 0.3) is 6.08 Å². The Bertz CT molecular complexity index is 651. The number of halogens is 1. The van der Waals surface area contributed by atoms with Crippen molar-refractivity contribution < 1.29 is 9.18 Å². The van der Waals surface area contributed by atoms with Gasteiger partial charge in [-0.2, -0.15) is 0 Å². The summed E-state index contributed by atoms with van der Waals surface area (Å²) in [5, 5.41) is 2.77. The Balaban J connectivity index is 2.07. The number of nitrogens with one attached hydrogen (secondary N) is 1. The molecule has 0 saturated carbocycles. The predicted molar refractivity (Wildman–Crippen MR) is 82.6 cm³/mol. The molecule has 0 bridgehead atoms. The number of benzene rings is 1. The largest absolute Gasteiger partial charge is 0.361 e. The van der Waals surface area contributed by atoms with E-state index in [0.29, 0.717) is 11.5 Å². The van der Waals surface area contributed by atoms with E-state index in [1.54, 1.807) is 36.5 Å². The van der Waals surface area contributed by atoms with E-state index in [9.17, 15) is 9.18 Å². The van der Waals surface area contributed by atoms with Crippen LogP contribution in [-0.2, 0) is 4.79 Å².